The van der Waals surface area contributed by atoms with E-state index in [1.807, 2.05) is 11.1 Å². The Bertz CT molecular complexity index is 790. The van der Waals surface area contributed by atoms with Crippen LogP contribution in [0.4, 0.5) is 4.39 Å². The number of piperidine rings is 1. The largest absolute Gasteiger partial charge is 0.487 e. The van der Waals surface area contributed by atoms with Crippen molar-refractivity contribution in [3.63, 3.8) is 0 Å². The Hall–Kier alpha value is -1.91. The Kier molecular flexibility index (Phi) is 4.49. The normalized spacial score (nSPS) is 24.9. The van der Waals surface area contributed by atoms with Crippen molar-refractivity contribution in [2.45, 2.75) is 51.2 Å². The molecule has 0 aromatic heterocycles. The highest BCUT2D eigenvalue weighted by atomic mass is 19.1. The van der Waals surface area contributed by atoms with Crippen molar-refractivity contribution < 1.29 is 9.13 Å². The van der Waals surface area contributed by atoms with Gasteiger partial charge in [-0.05, 0) is 62.3 Å². The minimum Gasteiger partial charge on any atom is -0.487 e. The molecule has 0 radical (unpaired) electrons. The summed E-state index contributed by atoms with van der Waals surface area (Å²) in [6, 6.07) is 13.8. The van der Waals surface area contributed by atoms with E-state index in [0.29, 0.717) is 5.92 Å². The summed E-state index contributed by atoms with van der Waals surface area (Å²) in [6.07, 6.45) is 3.68. The molecule has 2 N–H and O–H groups in total. The number of fused-ring (bicyclic) bond motifs is 1. The first-order valence-corrected chi connectivity index (χ1v) is 9.49. The average Bonchev–Trinajstić information content (AvgIpc) is 2.90. The monoisotopic (exact) mass is 354 g/mol. The van der Waals surface area contributed by atoms with Gasteiger partial charge in [-0.2, -0.15) is 0 Å². The van der Waals surface area contributed by atoms with E-state index < -0.39 is 0 Å². The maximum absolute atomic E-state index is 14.2. The van der Waals surface area contributed by atoms with Crippen LogP contribution in [0.5, 0.6) is 5.75 Å². The molecule has 2 heterocycles. The molecule has 1 saturated heterocycles. The van der Waals surface area contributed by atoms with Gasteiger partial charge in [0.1, 0.15) is 17.2 Å². The predicted molar refractivity (Wildman–Crippen MR) is 101 cm³/mol. The van der Waals surface area contributed by atoms with Gasteiger partial charge in [0.15, 0.2) is 0 Å². The van der Waals surface area contributed by atoms with Gasteiger partial charge in [0.2, 0.25) is 0 Å². The van der Waals surface area contributed by atoms with Crippen molar-refractivity contribution in [2.75, 3.05) is 6.54 Å². The van der Waals surface area contributed by atoms with Gasteiger partial charge in [-0.1, -0.05) is 30.3 Å². The van der Waals surface area contributed by atoms with Gasteiger partial charge in [0, 0.05) is 18.5 Å². The van der Waals surface area contributed by atoms with Crippen molar-refractivity contribution in [2.24, 2.45) is 11.8 Å². The molecule has 2 aliphatic heterocycles. The molecule has 4 rings (SSSR count). The van der Waals surface area contributed by atoms with E-state index in [2.05, 4.69) is 38.1 Å². The van der Waals surface area contributed by atoms with Crippen LogP contribution >= 0.6 is 0 Å². The minimum absolute atomic E-state index is 0.151. The van der Waals surface area contributed by atoms with Crippen LogP contribution < -0.4 is 10.6 Å². The van der Waals surface area contributed by atoms with Crippen LogP contribution in [0, 0.1) is 11.7 Å². The van der Waals surface area contributed by atoms with Gasteiger partial charge < -0.3 is 4.74 Å². The zero-order chi connectivity index (χ0) is 18.3. The molecule has 1 fully saturated rings. The van der Waals surface area contributed by atoms with Crippen molar-refractivity contribution in [1.29, 1.82) is 0 Å². The summed E-state index contributed by atoms with van der Waals surface area (Å²) in [7, 11) is 0. The fourth-order valence-corrected chi connectivity index (χ4v) is 4.61. The van der Waals surface area contributed by atoms with E-state index in [0.717, 1.165) is 49.1 Å². The van der Waals surface area contributed by atoms with Crippen LogP contribution in [0.1, 0.15) is 49.4 Å². The molecule has 2 atom stereocenters. The number of ether oxygens (including phenoxy) is 1. The quantitative estimate of drug-likeness (QED) is 0.830. The lowest BCUT2D eigenvalue weighted by Gasteiger charge is -2.39. The number of benzene rings is 2. The SMILES string of the molecule is CC1(C)Cc2cc(F)cc(C[C@@H]3CCCN(N)[C@@H]3c3ccccc3)c2O1. The molecular formula is C22H27FN2O. The highest BCUT2D eigenvalue weighted by molar-refractivity contribution is 5.46. The Morgan fingerprint density at radius 2 is 2.00 bits per heavy atom. The van der Waals surface area contributed by atoms with Gasteiger partial charge >= 0.3 is 0 Å². The number of nitrogens with two attached hydrogens (primary N) is 1. The first-order chi connectivity index (χ1) is 12.4. The molecule has 0 saturated carbocycles. The third kappa shape index (κ3) is 3.36. The number of hydrazine groups is 1. The second-order valence-electron chi connectivity index (χ2n) is 8.29. The van der Waals surface area contributed by atoms with Crippen molar-refractivity contribution >= 4 is 0 Å². The molecule has 2 aromatic carbocycles. The summed E-state index contributed by atoms with van der Waals surface area (Å²) in [6.45, 7) is 5.01. The topological polar surface area (TPSA) is 38.5 Å². The molecule has 0 bridgehead atoms. The first kappa shape index (κ1) is 17.5. The number of hydrogen-bond donors (Lipinski definition) is 1. The summed E-state index contributed by atoms with van der Waals surface area (Å²) in [5.41, 5.74) is 2.93. The number of rotatable bonds is 3. The summed E-state index contributed by atoms with van der Waals surface area (Å²) >= 11 is 0. The third-order valence-corrected chi connectivity index (χ3v) is 5.62. The van der Waals surface area contributed by atoms with Gasteiger partial charge in [-0.3, -0.25) is 5.84 Å². The van der Waals surface area contributed by atoms with E-state index in [-0.39, 0.29) is 17.5 Å². The van der Waals surface area contributed by atoms with Crippen LogP contribution in [-0.2, 0) is 12.8 Å². The minimum atomic E-state index is -0.268. The number of hydrogen-bond acceptors (Lipinski definition) is 3. The Labute approximate surface area is 154 Å². The van der Waals surface area contributed by atoms with Crippen LogP contribution in [-0.4, -0.2) is 17.2 Å². The van der Waals surface area contributed by atoms with Crippen LogP contribution in [0.3, 0.4) is 0 Å². The van der Waals surface area contributed by atoms with Gasteiger partial charge in [0.05, 0.1) is 6.04 Å². The molecule has 4 heteroatoms. The molecule has 138 valence electrons. The van der Waals surface area contributed by atoms with E-state index in [9.17, 15) is 4.39 Å². The maximum Gasteiger partial charge on any atom is 0.126 e. The lowest BCUT2D eigenvalue weighted by atomic mass is 9.81. The van der Waals surface area contributed by atoms with Crippen molar-refractivity contribution in [3.8, 4) is 5.75 Å². The highest BCUT2D eigenvalue weighted by Crippen LogP contribution is 2.42. The van der Waals surface area contributed by atoms with E-state index in [1.165, 1.54) is 5.56 Å². The molecule has 26 heavy (non-hydrogen) atoms. The molecular weight excluding hydrogens is 327 g/mol. The Balaban J connectivity index is 1.66. The van der Waals surface area contributed by atoms with E-state index in [1.54, 1.807) is 12.1 Å². The lowest BCUT2D eigenvalue weighted by Crippen LogP contribution is -2.44. The molecule has 2 aromatic rings. The number of nitrogens with zero attached hydrogens (tertiary/aromatic N) is 1. The second kappa shape index (κ2) is 6.67. The van der Waals surface area contributed by atoms with Crippen LogP contribution in [0.2, 0.25) is 0 Å². The van der Waals surface area contributed by atoms with Crippen LogP contribution in [0.25, 0.3) is 0 Å². The van der Waals surface area contributed by atoms with Gasteiger partial charge in [0.25, 0.3) is 0 Å². The Morgan fingerprint density at radius 3 is 2.77 bits per heavy atom. The summed E-state index contributed by atoms with van der Waals surface area (Å²) in [5.74, 6) is 7.43. The second-order valence-corrected chi connectivity index (χ2v) is 8.29. The zero-order valence-electron chi connectivity index (χ0n) is 15.5. The van der Waals surface area contributed by atoms with Crippen molar-refractivity contribution in [1.82, 2.24) is 5.01 Å². The van der Waals surface area contributed by atoms with Crippen LogP contribution in [0.15, 0.2) is 42.5 Å². The first-order valence-electron chi connectivity index (χ1n) is 9.49. The predicted octanol–water partition coefficient (Wildman–Crippen LogP) is 4.41. The summed E-state index contributed by atoms with van der Waals surface area (Å²) < 4.78 is 20.4. The molecule has 0 spiro atoms. The smallest absolute Gasteiger partial charge is 0.126 e. The standard InChI is InChI=1S/C22H27FN2O/c1-22(2)14-18-13-19(23)12-17(21(18)26-22)11-16-9-6-10-25(24)20(16)15-7-4-3-5-8-15/h3-5,7-8,12-13,16,20H,6,9-11,14,24H2,1-2H3/t16-,20+/m0/s1. The average molecular weight is 354 g/mol. The third-order valence-electron chi connectivity index (χ3n) is 5.62. The lowest BCUT2D eigenvalue weighted by molar-refractivity contribution is 0.0909. The molecule has 0 aliphatic carbocycles. The van der Waals surface area contributed by atoms with Gasteiger partial charge in [-0.15, -0.1) is 0 Å². The Morgan fingerprint density at radius 1 is 1.23 bits per heavy atom. The van der Waals surface area contributed by atoms with Gasteiger partial charge in [-0.25, -0.2) is 9.40 Å². The fraction of sp³-hybridized carbons (Fsp3) is 0.455. The van der Waals surface area contributed by atoms with E-state index in [4.69, 9.17) is 10.6 Å². The fourth-order valence-electron chi connectivity index (χ4n) is 4.61. The molecule has 0 amide bonds. The molecule has 3 nitrogen and oxygen atoms in total. The molecule has 0 unspecified atom stereocenters. The van der Waals surface area contributed by atoms with E-state index >= 15 is 0 Å². The number of halogens is 1. The summed E-state index contributed by atoms with van der Waals surface area (Å²) in [4.78, 5) is 0. The zero-order valence-corrected chi connectivity index (χ0v) is 15.5. The van der Waals surface area contributed by atoms with Crippen molar-refractivity contribution in [3.05, 3.63) is 65.0 Å². The highest BCUT2D eigenvalue weighted by Gasteiger charge is 2.35. The maximum atomic E-state index is 14.2. The molecule has 2 aliphatic rings. The summed E-state index contributed by atoms with van der Waals surface area (Å²) in [5, 5.41) is 1.95.